The van der Waals surface area contributed by atoms with E-state index in [0.717, 1.165) is 4.40 Å². The number of fused-ring (bicyclic) bond motifs is 1. The number of nitrogens with one attached hydrogen (secondary N) is 2. The monoisotopic (exact) mass is 450 g/mol. The van der Waals surface area contributed by atoms with Gasteiger partial charge in [-0.1, -0.05) is 6.07 Å². The fourth-order valence-electron chi connectivity index (χ4n) is 3.95. The summed E-state index contributed by atoms with van der Waals surface area (Å²) in [5.74, 6) is -0.724. The third kappa shape index (κ3) is 4.49. The minimum absolute atomic E-state index is 0.0137. The van der Waals surface area contributed by atoms with Gasteiger partial charge in [-0.2, -0.15) is 17.6 Å². The number of pyridine rings is 1. The number of ether oxygens (including phenoxy) is 1. The van der Waals surface area contributed by atoms with Crippen molar-refractivity contribution in [1.82, 2.24) is 14.7 Å². The van der Waals surface area contributed by atoms with Crippen LogP contribution in [0.1, 0.15) is 41.7 Å². The molecule has 1 saturated carbocycles. The van der Waals surface area contributed by atoms with Crippen LogP contribution in [0.15, 0.2) is 42.5 Å². The molecule has 3 aromatic rings. The minimum Gasteiger partial charge on any atom is -0.497 e. The average Bonchev–Trinajstić information content (AvgIpc) is 3.13. The highest BCUT2D eigenvalue weighted by atomic mass is 19.4. The number of hydrogen-bond donors (Lipinski definition) is 2. The van der Waals surface area contributed by atoms with Crippen molar-refractivity contribution in [3.8, 4) is 5.75 Å². The van der Waals surface area contributed by atoms with Crippen molar-refractivity contribution < 1.29 is 27.1 Å². The predicted molar refractivity (Wildman–Crippen MR) is 110 cm³/mol. The number of aromatic nitrogens is 2. The standard InChI is InChI=1S/C22H22F4N4O2/c1-32-16-11-5-13(6-12-16)21(31)28-15-9-7-14(8-10-15)27-17-3-2-4-18-29-19(22(24,25)26)20(23)30(17)18/h2-6,11-12,14-15,27H,7-10H2,1H3,(H,28,31). The second-order valence-electron chi connectivity index (χ2n) is 7.75. The molecule has 32 heavy (non-hydrogen) atoms. The van der Waals surface area contributed by atoms with Gasteiger partial charge in [0.1, 0.15) is 17.2 Å². The molecule has 0 unspecified atom stereocenters. The summed E-state index contributed by atoms with van der Waals surface area (Å²) in [4.78, 5) is 15.8. The molecule has 6 nitrogen and oxygen atoms in total. The molecule has 1 aromatic carbocycles. The molecule has 2 heterocycles. The van der Waals surface area contributed by atoms with Gasteiger partial charge in [-0.05, 0) is 62.1 Å². The number of amides is 1. The van der Waals surface area contributed by atoms with Crippen molar-refractivity contribution in [2.75, 3.05) is 12.4 Å². The number of methoxy groups -OCH3 is 1. The highest BCUT2D eigenvalue weighted by molar-refractivity contribution is 5.94. The smallest absolute Gasteiger partial charge is 0.437 e. The van der Waals surface area contributed by atoms with Crippen LogP contribution in [0.4, 0.5) is 23.4 Å². The van der Waals surface area contributed by atoms with Crippen LogP contribution in [0.25, 0.3) is 5.65 Å². The molecule has 4 rings (SSSR count). The van der Waals surface area contributed by atoms with Crippen molar-refractivity contribution in [2.45, 2.75) is 43.9 Å². The number of carbonyl (C=O) groups excluding carboxylic acids is 1. The highest BCUT2D eigenvalue weighted by Gasteiger charge is 2.39. The third-order valence-electron chi connectivity index (χ3n) is 5.62. The van der Waals surface area contributed by atoms with Crippen LogP contribution in [-0.2, 0) is 6.18 Å². The number of rotatable bonds is 5. The van der Waals surface area contributed by atoms with Gasteiger partial charge in [0.25, 0.3) is 5.91 Å². The second kappa shape index (κ2) is 8.68. The Labute approximate surface area is 181 Å². The normalized spacial score (nSPS) is 19.0. The molecule has 0 atom stereocenters. The van der Waals surface area contributed by atoms with E-state index in [1.165, 1.54) is 18.2 Å². The van der Waals surface area contributed by atoms with Gasteiger partial charge in [0.05, 0.1) is 7.11 Å². The van der Waals surface area contributed by atoms with Crippen LogP contribution in [0.5, 0.6) is 5.75 Å². The fourth-order valence-corrected chi connectivity index (χ4v) is 3.95. The lowest BCUT2D eigenvalue weighted by Gasteiger charge is -2.30. The Bertz CT molecular complexity index is 1100. The van der Waals surface area contributed by atoms with Crippen LogP contribution in [0.2, 0.25) is 0 Å². The summed E-state index contributed by atoms with van der Waals surface area (Å²) in [6.45, 7) is 0. The quantitative estimate of drug-likeness (QED) is 0.555. The summed E-state index contributed by atoms with van der Waals surface area (Å²) < 4.78 is 59.4. The van der Waals surface area contributed by atoms with Gasteiger partial charge in [-0.15, -0.1) is 0 Å². The van der Waals surface area contributed by atoms with Crippen molar-refractivity contribution in [3.63, 3.8) is 0 Å². The molecular weight excluding hydrogens is 428 g/mol. The predicted octanol–water partition coefficient (Wildman–Crippen LogP) is 4.65. The molecule has 0 spiro atoms. The Morgan fingerprint density at radius 1 is 1.06 bits per heavy atom. The van der Waals surface area contributed by atoms with E-state index in [2.05, 4.69) is 15.6 Å². The van der Waals surface area contributed by atoms with E-state index in [1.807, 2.05) is 0 Å². The maximum atomic E-state index is 14.4. The summed E-state index contributed by atoms with van der Waals surface area (Å²) in [7, 11) is 1.55. The summed E-state index contributed by atoms with van der Waals surface area (Å²) in [5.41, 5.74) is -1.11. The number of imidazole rings is 1. The van der Waals surface area contributed by atoms with E-state index in [4.69, 9.17) is 4.74 Å². The summed E-state index contributed by atoms with van der Waals surface area (Å²) in [5, 5.41) is 6.14. The molecular formula is C22H22F4N4O2. The zero-order valence-electron chi connectivity index (χ0n) is 17.2. The van der Waals surface area contributed by atoms with E-state index in [-0.39, 0.29) is 29.5 Å². The Kier molecular flexibility index (Phi) is 5.94. The first-order chi connectivity index (χ1) is 15.3. The van der Waals surface area contributed by atoms with E-state index >= 15 is 0 Å². The lowest BCUT2D eigenvalue weighted by molar-refractivity contribution is -0.143. The Balaban J connectivity index is 1.38. The Morgan fingerprint density at radius 3 is 2.34 bits per heavy atom. The first-order valence-electron chi connectivity index (χ1n) is 10.2. The first-order valence-corrected chi connectivity index (χ1v) is 10.2. The van der Waals surface area contributed by atoms with Crippen LogP contribution in [0, 0.1) is 5.95 Å². The molecule has 0 aliphatic heterocycles. The number of nitrogens with zero attached hydrogens (tertiary/aromatic N) is 2. The largest absolute Gasteiger partial charge is 0.497 e. The summed E-state index contributed by atoms with van der Waals surface area (Å²) in [6.07, 6.45) is -2.14. The molecule has 0 bridgehead atoms. The SMILES string of the molecule is COc1ccc(C(=O)NC2CCC(Nc3cccc4nc(C(F)(F)F)c(F)n34)CC2)cc1. The van der Waals surface area contributed by atoms with E-state index in [9.17, 15) is 22.4 Å². The van der Waals surface area contributed by atoms with Crippen molar-refractivity contribution in [1.29, 1.82) is 0 Å². The number of hydrogen-bond acceptors (Lipinski definition) is 4. The van der Waals surface area contributed by atoms with E-state index in [1.54, 1.807) is 31.4 Å². The Morgan fingerprint density at radius 2 is 1.72 bits per heavy atom. The van der Waals surface area contributed by atoms with Crippen molar-refractivity contribution in [2.24, 2.45) is 0 Å². The fraction of sp³-hybridized carbons (Fsp3) is 0.364. The number of carbonyl (C=O) groups is 1. The summed E-state index contributed by atoms with van der Waals surface area (Å²) in [6, 6.07) is 11.1. The molecule has 170 valence electrons. The third-order valence-corrected chi connectivity index (χ3v) is 5.62. The van der Waals surface area contributed by atoms with Crippen LogP contribution < -0.4 is 15.4 Å². The minimum atomic E-state index is -4.87. The molecule has 1 fully saturated rings. The van der Waals surface area contributed by atoms with Gasteiger partial charge in [0, 0.05) is 17.6 Å². The average molecular weight is 450 g/mol. The maximum absolute atomic E-state index is 14.4. The van der Waals surface area contributed by atoms with E-state index in [0.29, 0.717) is 37.0 Å². The lowest BCUT2D eigenvalue weighted by atomic mass is 9.91. The summed E-state index contributed by atoms with van der Waals surface area (Å²) >= 11 is 0. The van der Waals surface area contributed by atoms with Gasteiger partial charge in [0.2, 0.25) is 11.6 Å². The van der Waals surface area contributed by atoms with Gasteiger partial charge >= 0.3 is 6.18 Å². The van der Waals surface area contributed by atoms with Gasteiger partial charge in [-0.3, -0.25) is 9.20 Å². The van der Waals surface area contributed by atoms with Crippen LogP contribution in [-0.4, -0.2) is 34.5 Å². The van der Waals surface area contributed by atoms with E-state index < -0.39 is 17.8 Å². The number of benzene rings is 1. The zero-order chi connectivity index (χ0) is 22.9. The Hall–Kier alpha value is -3.30. The molecule has 10 heteroatoms. The maximum Gasteiger partial charge on any atom is 0.437 e. The first kappa shape index (κ1) is 21.9. The van der Waals surface area contributed by atoms with Gasteiger partial charge in [0.15, 0.2) is 0 Å². The number of alkyl halides is 3. The zero-order valence-corrected chi connectivity index (χ0v) is 17.2. The number of anilines is 1. The van der Waals surface area contributed by atoms with Gasteiger partial charge < -0.3 is 15.4 Å². The van der Waals surface area contributed by atoms with Crippen LogP contribution >= 0.6 is 0 Å². The second-order valence-corrected chi connectivity index (χ2v) is 7.75. The molecule has 1 aliphatic carbocycles. The van der Waals surface area contributed by atoms with Crippen LogP contribution in [0.3, 0.4) is 0 Å². The lowest BCUT2D eigenvalue weighted by Crippen LogP contribution is -2.40. The molecule has 0 radical (unpaired) electrons. The van der Waals surface area contributed by atoms with Gasteiger partial charge in [-0.25, -0.2) is 4.98 Å². The molecule has 1 amide bonds. The van der Waals surface area contributed by atoms with Crippen molar-refractivity contribution >= 4 is 17.4 Å². The van der Waals surface area contributed by atoms with Crippen molar-refractivity contribution in [3.05, 3.63) is 59.7 Å². The number of halogens is 4. The topological polar surface area (TPSA) is 67.7 Å². The highest BCUT2D eigenvalue weighted by Crippen LogP contribution is 2.32. The molecule has 2 aromatic heterocycles. The molecule has 2 N–H and O–H groups in total. The molecule has 0 saturated heterocycles. The molecule has 1 aliphatic rings.